The molecule has 66 valence electrons. The van der Waals surface area contributed by atoms with Gasteiger partial charge in [0.15, 0.2) is 0 Å². The minimum atomic E-state index is 0.0475. The van der Waals surface area contributed by atoms with Crippen LogP contribution in [0, 0.1) is 5.41 Å². The average Bonchev–Trinajstić information content (AvgIpc) is 2.32. The summed E-state index contributed by atoms with van der Waals surface area (Å²) in [5, 5.41) is 3.22. The van der Waals surface area contributed by atoms with Crippen LogP contribution in [-0.2, 0) is 4.84 Å². The Labute approximate surface area is 72.4 Å². The van der Waals surface area contributed by atoms with Crippen LogP contribution >= 0.6 is 11.6 Å². The molecule has 0 aromatic rings. The summed E-state index contributed by atoms with van der Waals surface area (Å²) in [6.45, 7) is 6.34. The second kappa shape index (κ2) is 3.27. The largest absolute Gasteiger partial charge is 0.281 e. The van der Waals surface area contributed by atoms with E-state index in [9.17, 15) is 0 Å². The molecule has 0 bridgehead atoms. The van der Waals surface area contributed by atoms with Gasteiger partial charge in [-0.25, -0.2) is 0 Å². The Hall–Kier alpha value is 0.170. The van der Waals surface area contributed by atoms with Crippen LogP contribution < -0.4 is 10.8 Å². The van der Waals surface area contributed by atoms with E-state index in [0.717, 1.165) is 0 Å². The SMILES string of the molecule is CC(C)(C)C1NC(CCl)NO1. The van der Waals surface area contributed by atoms with Crippen molar-refractivity contribution in [1.82, 2.24) is 10.8 Å². The summed E-state index contributed by atoms with van der Waals surface area (Å²) in [4.78, 5) is 5.28. The fourth-order valence-electron chi connectivity index (χ4n) is 0.904. The van der Waals surface area contributed by atoms with Gasteiger partial charge in [-0.05, 0) is 0 Å². The van der Waals surface area contributed by atoms with Gasteiger partial charge in [0.25, 0.3) is 0 Å². The van der Waals surface area contributed by atoms with Crippen LogP contribution in [0.25, 0.3) is 0 Å². The van der Waals surface area contributed by atoms with Gasteiger partial charge < -0.3 is 0 Å². The zero-order chi connectivity index (χ0) is 8.48. The van der Waals surface area contributed by atoms with Crippen molar-refractivity contribution in [3.63, 3.8) is 0 Å². The predicted molar refractivity (Wildman–Crippen MR) is 45.1 cm³/mol. The van der Waals surface area contributed by atoms with E-state index in [4.69, 9.17) is 16.4 Å². The number of halogens is 1. The number of alkyl halides is 1. The maximum absolute atomic E-state index is 5.62. The Bertz CT molecular complexity index is 135. The monoisotopic (exact) mass is 178 g/mol. The van der Waals surface area contributed by atoms with Gasteiger partial charge in [0, 0.05) is 5.41 Å². The van der Waals surface area contributed by atoms with E-state index < -0.39 is 0 Å². The van der Waals surface area contributed by atoms with Gasteiger partial charge in [0.1, 0.15) is 6.23 Å². The van der Waals surface area contributed by atoms with Crippen LogP contribution in [0.1, 0.15) is 20.8 Å². The maximum atomic E-state index is 5.62. The van der Waals surface area contributed by atoms with E-state index >= 15 is 0 Å². The summed E-state index contributed by atoms with van der Waals surface area (Å²) in [6.07, 6.45) is 0.132. The second-order valence-electron chi connectivity index (χ2n) is 3.86. The molecule has 1 rings (SSSR count). The fourth-order valence-corrected chi connectivity index (χ4v) is 1.06. The maximum Gasteiger partial charge on any atom is 0.135 e. The van der Waals surface area contributed by atoms with E-state index in [2.05, 4.69) is 31.6 Å². The topological polar surface area (TPSA) is 33.3 Å². The van der Waals surface area contributed by atoms with Gasteiger partial charge in [-0.15, -0.1) is 11.6 Å². The highest BCUT2D eigenvalue weighted by molar-refractivity contribution is 6.18. The molecule has 1 aliphatic rings. The Balaban J connectivity index is 2.42. The lowest BCUT2D eigenvalue weighted by molar-refractivity contribution is -0.0355. The van der Waals surface area contributed by atoms with Crippen molar-refractivity contribution in [2.24, 2.45) is 5.41 Å². The lowest BCUT2D eigenvalue weighted by Crippen LogP contribution is -2.40. The molecule has 0 spiro atoms. The number of nitrogens with one attached hydrogen (secondary N) is 2. The van der Waals surface area contributed by atoms with Crippen LogP contribution in [-0.4, -0.2) is 18.3 Å². The van der Waals surface area contributed by atoms with Gasteiger partial charge in [-0.1, -0.05) is 20.8 Å². The molecule has 4 heteroatoms. The standard InChI is InChI=1S/C7H15ClN2O/c1-7(2,3)6-9-5(4-8)10-11-6/h5-6,9-10H,4H2,1-3H3. The van der Waals surface area contributed by atoms with Crippen molar-refractivity contribution in [2.45, 2.75) is 33.2 Å². The lowest BCUT2D eigenvalue weighted by Gasteiger charge is -2.24. The molecule has 0 amide bonds. The third-order valence-electron chi connectivity index (χ3n) is 1.62. The molecule has 1 fully saturated rings. The van der Waals surface area contributed by atoms with Gasteiger partial charge in [0.2, 0.25) is 0 Å². The van der Waals surface area contributed by atoms with Gasteiger partial charge in [0.05, 0.1) is 12.0 Å². The molecule has 1 saturated heterocycles. The van der Waals surface area contributed by atoms with Crippen molar-refractivity contribution in [2.75, 3.05) is 5.88 Å². The smallest absolute Gasteiger partial charge is 0.135 e. The van der Waals surface area contributed by atoms with Gasteiger partial charge in [-0.3, -0.25) is 10.2 Å². The van der Waals surface area contributed by atoms with E-state index in [-0.39, 0.29) is 17.8 Å². The highest BCUT2D eigenvalue weighted by Gasteiger charge is 2.32. The first-order valence-corrected chi connectivity index (χ1v) is 4.30. The summed E-state index contributed by atoms with van der Waals surface area (Å²) < 4.78 is 0. The third kappa shape index (κ3) is 2.30. The van der Waals surface area contributed by atoms with Crippen LogP contribution in [0.4, 0.5) is 0 Å². The van der Waals surface area contributed by atoms with Crippen LogP contribution in [0.5, 0.6) is 0 Å². The molecule has 0 aromatic heterocycles. The van der Waals surface area contributed by atoms with E-state index in [0.29, 0.717) is 5.88 Å². The molecule has 1 aliphatic heterocycles. The van der Waals surface area contributed by atoms with Crippen LogP contribution in [0.15, 0.2) is 0 Å². The predicted octanol–water partition coefficient (Wildman–Crippen LogP) is 1.05. The van der Waals surface area contributed by atoms with E-state index in [1.807, 2.05) is 0 Å². The number of hydrogen-bond acceptors (Lipinski definition) is 3. The van der Waals surface area contributed by atoms with Gasteiger partial charge in [-0.2, -0.15) is 5.48 Å². The highest BCUT2D eigenvalue weighted by atomic mass is 35.5. The molecule has 11 heavy (non-hydrogen) atoms. The minimum Gasteiger partial charge on any atom is -0.281 e. The zero-order valence-electron chi connectivity index (χ0n) is 7.15. The molecule has 1 heterocycles. The Kier molecular flexibility index (Phi) is 2.75. The third-order valence-corrected chi connectivity index (χ3v) is 1.93. The quantitative estimate of drug-likeness (QED) is 0.589. The molecule has 2 atom stereocenters. The second-order valence-corrected chi connectivity index (χ2v) is 4.16. The summed E-state index contributed by atoms with van der Waals surface area (Å²) in [5.74, 6) is 0.520. The molecular weight excluding hydrogens is 164 g/mol. The Morgan fingerprint density at radius 2 is 2.09 bits per heavy atom. The molecular formula is C7H15ClN2O. The summed E-state index contributed by atoms with van der Waals surface area (Å²) in [6, 6.07) is 0. The van der Waals surface area contributed by atoms with E-state index in [1.165, 1.54) is 0 Å². The molecule has 2 unspecified atom stereocenters. The Morgan fingerprint density at radius 1 is 1.45 bits per heavy atom. The Morgan fingerprint density at radius 3 is 2.36 bits per heavy atom. The number of hydrogen-bond donors (Lipinski definition) is 2. The van der Waals surface area contributed by atoms with E-state index in [1.54, 1.807) is 0 Å². The molecule has 0 aliphatic carbocycles. The summed E-state index contributed by atoms with van der Waals surface area (Å²) >= 11 is 5.62. The zero-order valence-corrected chi connectivity index (χ0v) is 7.90. The highest BCUT2D eigenvalue weighted by Crippen LogP contribution is 2.22. The number of hydroxylamine groups is 1. The molecule has 0 radical (unpaired) electrons. The summed E-state index contributed by atoms with van der Waals surface area (Å²) in [5.41, 5.74) is 2.92. The first-order chi connectivity index (χ1) is 5.04. The first-order valence-electron chi connectivity index (χ1n) is 3.77. The normalized spacial score (nSPS) is 32.7. The van der Waals surface area contributed by atoms with Gasteiger partial charge >= 0.3 is 0 Å². The average molecular weight is 179 g/mol. The molecule has 0 saturated carbocycles. The van der Waals surface area contributed by atoms with Crippen molar-refractivity contribution in [3.8, 4) is 0 Å². The van der Waals surface area contributed by atoms with Crippen molar-refractivity contribution in [3.05, 3.63) is 0 Å². The summed E-state index contributed by atoms with van der Waals surface area (Å²) in [7, 11) is 0. The van der Waals surface area contributed by atoms with Crippen molar-refractivity contribution < 1.29 is 4.84 Å². The molecule has 2 N–H and O–H groups in total. The van der Waals surface area contributed by atoms with Crippen molar-refractivity contribution >= 4 is 11.6 Å². The molecule has 0 aromatic carbocycles. The molecule has 3 nitrogen and oxygen atoms in total. The van der Waals surface area contributed by atoms with Crippen molar-refractivity contribution in [1.29, 1.82) is 0 Å². The van der Waals surface area contributed by atoms with Crippen LogP contribution in [0.3, 0.4) is 0 Å². The lowest BCUT2D eigenvalue weighted by atomic mass is 9.94. The number of rotatable bonds is 1. The first kappa shape index (κ1) is 9.26. The minimum absolute atomic E-state index is 0.0475. The fraction of sp³-hybridized carbons (Fsp3) is 1.00. The van der Waals surface area contributed by atoms with Crippen LogP contribution in [0.2, 0.25) is 0 Å².